The van der Waals surface area contributed by atoms with Crippen molar-refractivity contribution >= 4 is 28.7 Å². The summed E-state index contributed by atoms with van der Waals surface area (Å²) >= 11 is 0. The molecule has 144 valence electrons. The lowest BCUT2D eigenvalue weighted by atomic mass is 10.1. The Hall–Kier alpha value is -3.49. The molecule has 0 spiro atoms. The van der Waals surface area contributed by atoms with Crippen molar-refractivity contribution in [3.05, 3.63) is 59.9 Å². The highest BCUT2D eigenvalue weighted by Crippen LogP contribution is 2.17. The third kappa shape index (κ3) is 3.51. The second kappa shape index (κ2) is 7.26. The van der Waals surface area contributed by atoms with Gasteiger partial charge in [-0.3, -0.25) is 4.79 Å². The Morgan fingerprint density at radius 3 is 2.50 bits per heavy atom. The maximum Gasteiger partial charge on any atom is 0.322 e. The standard InChI is InChI=1S/C19H17F2N5O2/c20-13-2-4-15(14(21)10-13)24-19(28)26-7-5-25(6-8-26)18(27)12-1-3-16-17(9-12)23-11-22-16/h1-4,9-11H,5-8H2,(H,22,23)(H,24,28). The molecule has 1 aliphatic rings. The van der Waals surface area contributed by atoms with E-state index in [1.54, 1.807) is 29.4 Å². The third-order valence-electron chi connectivity index (χ3n) is 4.69. The van der Waals surface area contributed by atoms with Gasteiger partial charge in [0, 0.05) is 37.8 Å². The van der Waals surface area contributed by atoms with Crippen molar-refractivity contribution in [2.75, 3.05) is 31.5 Å². The zero-order valence-electron chi connectivity index (χ0n) is 14.8. The summed E-state index contributed by atoms with van der Waals surface area (Å²) in [5.41, 5.74) is 2.03. The number of piperazine rings is 1. The summed E-state index contributed by atoms with van der Waals surface area (Å²) in [7, 11) is 0. The number of imidazole rings is 1. The average Bonchev–Trinajstić information content (AvgIpc) is 3.17. The minimum Gasteiger partial charge on any atom is -0.345 e. The molecule has 0 saturated carbocycles. The summed E-state index contributed by atoms with van der Waals surface area (Å²) in [6.07, 6.45) is 1.57. The lowest BCUT2D eigenvalue weighted by molar-refractivity contribution is 0.0672. The zero-order chi connectivity index (χ0) is 19.7. The van der Waals surface area contributed by atoms with Crippen molar-refractivity contribution in [1.82, 2.24) is 19.8 Å². The highest BCUT2D eigenvalue weighted by molar-refractivity contribution is 5.97. The number of fused-ring (bicyclic) bond motifs is 1. The zero-order valence-corrected chi connectivity index (χ0v) is 14.8. The summed E-state index contributed by atoms with van der Waals surface area (Å²) in [6, 6.07) is 7.72. The Morgan fingerprint density at radius 1 is 1.00 bits per heavy atom. The van der Waals surface area contributed by atoms with Crippen LogP contribution in [0.15, 0.2) is 42.7 Å². The molecule has 0 unspecified atom stereocenters. The van der Waals surface area contributed by atoms with Gasteiger partial charge in [0.05, 0.1) is 23.0 Å². The predicted octanol–water partition coefficient (Wildman–Crippen LogP) is 2.83. The molecule has 0 radical (unpaired) electrons. The maximum atomic E-state index is 13.7. The average molecular weight is 385 g/mol. The van der Waals surface area contributed by atoms with E-state index >= 15 is 0 Å². The fourth-order valence-corrected chi connectivity index (χ4v) is 3.15. The van der Waals surface area contributed by atoms with E-state index in [4.69, 9.17) is 0 Å². The van der Waals surface area contributed by atoms with Gasteiger partial charge >= 0.3 is 6.03 Å². The van der Waals surface area contributed by atoms with Crippen molar-refractivity contribution in [2.45, 2.75) is 0 Å². The number of nitrogens with one attached hydrogen (secondary N) is 2. The van der Waals surface area contributed by atoms with E-state index in [1.807, 2.05) is 0 Å². The number of urea groups is 1. The lowest BCUT2D eigenvalue weighted by Gasteiger charge is -2.34. The molecule has 0 aliphatic carbocycles. The quantitative estimate of drug-likeness (QED) is 0.712. The van der Waals surface area contributed by atoms with Crippen LogP contribution in [-0.4, -0.2) is 57.9 Å². The lowest BCUT2D eigenvalue weighted by Crippen LogP contribution is -2.51. The number of amides is 3. The molecule has 0 bridgehead atoms. The minimum atomic E-state index is -0.837. The molecule has 7 nitrogen and oxygen atoms in total. The smallest absolute Gasteiger partial charge is 0.322 e. The SMILES string of the molecule is O=C(Nc1ccc(F)cc1F)N1CCN(C(=O)c2ccc3nc[nH]c3c2)CC1. The minimum absolute atomic E-state index is 0.0854. The number of benzene rings is 2. The number of halogens is 2. The van der Waals surface area contributed by atoms with Gasteiger partial charge in [-0.25, -0.2) is 18.6 Å². The van der Waals surface area contributed by atoms with Crippen LogP contribution < -0.4 is 5.32 Å². The number of aromatic amines is 1. The number of hydrogen-bond acceptors (Lipinski definition) is 3. The van der Waals surface area contributed by atoms with Gasteiger partial charge in [0.15, 0.2) is 0 Å². The number of carbonyl (C=O) groups is 2. The maximum absolute atomic E-state index is 13.7. The van der Waals surface area contributed by atoms with Gasteiger partial charge in [-0.15, -0.1) is 0 Å². The van der Waals surface area contributed by atoms with Crippen molar-refractivity contribution in [1.29, 1.82) is 0 Å². The fraction of sp³-hybridized carbons (Fsp3) is 0.211. The van der Waals surface area contributed by atoms with Gasteiger partial charge < -0.3 is 20.1 Å². The number of aromatic nitrogens is 2. The normalized spacial score (nSPS) is 14.4. The van der Waals surface area contributed by atoms with Crippen LogP contribution in [0.4, 0.5) is 19.3 Å². The van der Waals surface area contributed by atoms with Crippen molar-refractivity contribution in [2.24, 2.45) is 0 Å². The Morgan fingerprint density at radius 2 is 1.75 bits per heavy atom. The van der Waals surface area contributed by atoms with E-state index in [0.717, 1.165) is 17.1 Å². The van der Waals surface area contributed by atoms with Crippen LogP contribution in [-0.2, 0) is 0 Å². The first kappa shape index (κ1) is 17.9. The molecule has 0 atom stereocenters. The molecule has 4 rings (SSSR count). The molecule has 1 fully saturated rings. The topological polar surface area (TPSA) is 81.3 Å². The molecule has 28 heavy (non-hydrogen) atoms. The molecule has 9 heteroatoms. The third-order valence-corrected chi connectivity index (χ3v) is 4.69. The molecule has 3 aromatic rings. The van der Waals surface area contributed by atoms with E-state index in [0.29, 0.717) is 37.8 Å². The van der Waals surface area contributed by atoms with E-state index in [9.17, 15) is 18.4 Å². The summed E-state index contributed by atoms with van der Waals surface area (Å²) in [5.74, 6) is -1.67. The van der Waals surface area contributed by atoms with Crippen LogP contribution in [0.2, 0.25) is 0 Å². The van der Waals surface area contributed by atoms with Crippen molar-refractivity contribution in [3.8, 4) is 0 Å². The number of rotatable bonds is 2. The molecule has 2 N–H and O–H groups in total. The van der Waals surface area contributed by atoms with Crippen LogP contribution in [0.5, 0.6) is 0 Å². The van der Waals surface area contributed by atoms with Gasteiger partial charge in [0.25, 0.3) is 5.91 Å². The highest BCUT2D eigenvalue weighted by atomic mass is 19.1. The number of anilines is 1. The van der Waals surface area contributed by atoms with Crippen LogP contribution in [0.1, 0.15) is 10.4 Å². The van der Waals surface area contributed by atoms with Gasteiger partial charge in [-0.2, -0.15) is 0 Å². The molecule has 1 aliphatic heterocycles. The van der Waals surface area contributed by atoms with Crippen LogP contribution in [0.3, 0.4) is 0 Å². The van der Waals surface area contributed by atoms with Gasteiger partial charge in [-0.1, -0.05) is 0 Å². The van der Waals surface area contributed by atoms with Crippen molar-refractivity contribution < 1.29 is 18.4 Å². The number of H-pyrrole nitrogens is 1. The molecule has 1 saturated heterocycles. The van der Waals surface area contributed by atoms with Gasteiger partial charge in [-0.05, 0) is 30.3 Å². The van der Waals surface area contributed by atoms with Gasteiger partial charge in [0.1, 0.15) is 11.6 Å². The predicted molar refractivity (Wildman–Crippen MR) is 98.9 cm³/mol. The second-order valence-electron chi connectivity index (χ2n) is 6.47. The largest absolute Gasteiger partial charge is 0.345 e. The molecule has 3 amide bonds. The first-order valence-corrected chi connectivity index (χ1v) is 8.74. The summed E-state index contributed by atoms with van der Waals surface area (Å²) < 4.78 is 26.6. The summed E-state index contributed by atoms with van der Waals surface area (Å²) in [4.78, 5) is 35.3. The summed E-state index contributed by atoms with van der Waals surface area (Å²) in [5, 5.41) is 2.43. The molecule has 2 aromatic carbocycles. The molecule has 1 aromatic heterocycles. The van der Waals surface area contributed by atoms with E-state index < -0.39 is 17.7 Å². The molecule has 2 heterocycles. The monoisotopic (exact) mass is 385 g/mol. The second-order valence-corrected chi connectivity index (χ2v) is 6.47. The number of carbonyl (C=O) groups excluding carboxylic acids is 2. The Labute approximate surface area is 159 Å². The number of hydrogen-bond donors (Lipinski definition) is 2. The summed E-state index contributed by atoms with van der Waals surface area (Å²) in [6.45, 7) is 1.34. The van der Waals surface area contributed by atoms with Crippen molar-refractivity contribution in [3.63, 3.8) is 0 Å². The highest BCUT2D eigenvalue weighted by Gasteiger charge is 2.25. The van der Waals surface area contributed by atoms with E-state index in [2.05, 4.69) is 15.3 Å². The van der Waals surface area contributed by atoms with Crippen LogP contribution in [0, 0.1) is 11.6 Å². The number of nitrogens with zero attached hydrogens (tertiary/aromatic N) is 3. The Kier molecular flexibility index (Phi) is 4.64. The fourth-order valence-electron chi connectivity index (χ4n) is 3.15. The Bertz CT molecular complexity index is 1040. The van der Waals surface area contributed by atoms with E-state index in [-0.39, 0.29) is 11.6 Å². The van der Waals surface area contributed by atoms with E-state index in [1.165, 1.54) is 11.0 Å². The first-order valence-electron chi connectivity index (χ1n) is 8.74. The Balaban J connectivity index is 1.37. The van der Waals surface area contributed by atoms with Crippen LogP contribution in [0.25, 0.3) is 11.0 Å². The first-order chi connectivity index (χ1) is 13.5. The van der Waals surface area contributed by atoms with Crippen LogP contribution >= 0.6 is 0 Å². The molecular formula is C19H17F2N5O2. The molecular weight excluding hydrogens is 368 g/mol. The van der Waals surface area contributed by atoms with Gasteiger partial charge in [0.2, 0.25) is 0 Å².